The molecule has 1 spiro atoms. The van der Waals surface area contributed by atoms with Gasteiger partial charge in [0, 0.05) is 31.5 Å². The van der Waals surface area contributed by atoms with E-state index in [1.54, 1.807) is 7.11 Å². The summed E-state index contributed by atoms with van der Waals surface area (Å²) >= 11 is 0. The summed E-state index contributed by atoms with van der Waals surface area (Å²) < 4.78 is 11.4. The Hall–Kier alpha value is -1.26. The van der Waals surface area contributed by atoms with E-state index >= 15 is 0 Å². The lowest BCUT2D eigenvalue weighted by Gasteiger charge is -2.38. The van der Waals surface area contributed by atoms with Crippen LogP contribution in [0, 0.1) is 0 Å². The second-order valence-corrected chi connectivity index (χ2v) is 5.40. The van der Waals surface area contributed by atoms with Crippen LogP contribution in [0.3, 0.4) is 0 Å². The predicted octanol–water partition coefficient (Wildman–Crippen LogP) is 1.59. The summed E-state index contributed by atoms with van der Waals surface area (Å²) in [5.41, 5.74) is 0.630. The molecule has 2 aliphatic heterocycles. The molecular formula is C14H19NO3. The molecule has 0 amide bonds. The molecule has 3 rings (SSSR count). The summed E-state index contributed by atoms with van der Waals surface area (Å²) in [7, 11) is 3.72. The largest absolute Gasteiger partial charge is 0.497 e. The van der Waals surface area contributed by atoms with Crippen molar-refractivity contribution in [2.75, 3.05) is 27.2 Å². The molecular weight excluding hydrogens is 230 g/mol. The first kappa shape index (κ1) is 11.8. The number of benzene rings is 1. The Balaban J connectivity index is 1.93. The summed E-state index contributed by atoms with van der Waals surface area (Å²) in [6.45, 7) is 1.91. The highest BCUT2D eigenvalue weighted by atomic mass is 16.5. The van der Waals surface area contributed by atoms with Crippen molar-refractivity contribution in [2.24, 2.45) is 0 Å². The van der Waals surface area contributed by atoms with Gasteiger partial charge in [-0.1, -0.05) is 0 Å². The summed E-state index contributed by atoms with van der Waals surface area (Å²) in [4.78, 5) is 2.25. The van der Waals surface area contributed by atoms with Crippen LogP contribution in [0.1, 0.15) is 24.5 Å². The maximum absolute atomic E-state index is 10.3. The van der Waals surface area contributed by atoms with Gasteiger partial charge in [0.2, 0.25) is 0 Å². The van der Waals surface area contributed by atoms with Gasteiger partial charge in [-0.3, -0.25) is 0 Å². The van der Waals surface area contributed by atoms with Gasteiger partial charge in [0.15, 0.2) is 0 Å². The van der Waals surface area contributed by atoms with E-state index in [0.29, 0.717) is 6.42 Å². The molecule has 98 valence electrons. The second-order valence-electron chi connectivity index (χ2n) is 5.40. The van der Waals surface area contributed by atoms with E-state index in [1.165, 1.54) is 0 Å². The lowest BCUT2D eigenvalue weighted by Crippen LogP contribution is -2.43. The fraction of sp³-hybridized carbons (Fsp3) is 0.571. The number of likely N-dealkylation sites (tertiary alicyclic amines) is 1. The molecule has 2 aliphatic rings. The lowest BCUT2D eigenvalue weighted by molar-refractivity contribution is -0.00593. The number of aliphatic hydroxyl groups is 1. The molecule has 18 heavy (non-hydrogen) atoms. The standard InChI is InChI=1S/C14H19NO3/c1-15-6-5-14(9-15)8-12(16)11-7-10(17-2)3-4-13(11)18-14/h3-4,7,12,16H,5-6,8-9H2,1-2H3. The van der Waals surface area contributed by atoms with Gasteiger partial charge in [-0.25, -0.2) is 0 Å². The first-order valence-corrected chi connectivity index (χ1v) is 6.35. The molecule has 1 aromatic rings. The van der Waals surface area contributed by atoms with Crippen LogP contribution in [0.25, 0.3) is 0 Å². The zero-order chi connectivity index (χ0) is 12.8. The Morgan fingerprint density at radius 2 is 2.33 bits per heavy atom. The van der Waals surface area contributed by atoms with Crippen LogP contribution >= 0.6 is 0 Å². The number of hydrogen-bond acceptors (Lipinski definition) is 4. The first-order chi connectivity index (χ1) is 8.62. The van der Waals surface area contributed by atoms with E-state index in [0.717, 1.165) is 36.6 Å². The Kier molecular flexibility index (Phi) is 2.72. The van der Waals surface area contributed by atoms with Crippen LogP contribution in [0.2, 0.25) is 0 Å². The number of aliphatic hydroxyl groups excluding tert-OH is 1. The zero-order valence-electron chi connectivity index (χ0n) is 10.8. The smallest absolute Gasteiger partial charge is 0.126 e. The van der Waals surface area contributed by atoms with Crippen LogP contribution in [0.15, 0.2) is 18.2 Å². The molecule has 4 heteroatoms. The molecule has 0 aromatic heterocycles. The van der Waals surface area contributed by atoms with Gasteiger partial charge in [-0.15, -0.1) is 0 Å². The van der Waals surface area contributed by atoms with E-state index in [2.05, 4.69) is 11.9 Å². The molecule has 0 radical (unpaired) electrons. The van der Waals surface area contributed by atoms with Crippen molar-refractivity contribution in [1.82, 2.24) is 4.90 Å². The third kappa shape index (κ3) is 1.85. The van der Waals surface area contributed by atoms with Crippen molar-refractivity contribution < 1.29 is 14.6 Å². The van der Waals surface area contributed by atoms with Gasteiger partial charge in [-0.05, 0) is 25.2 Å². The number of rotatable bonds is 1. The van der Waals surface area contributed by atoms with E-state index in [4.69, 9.17) is 9.47 Å². The average Bonchev–Trinajstić information content (AvgIpc) is 2.70. The molecule has 1 N–H and O–H groups in total. The van der Waals surface area contributed by atoms with Gasteiger partial charge in [0.05, 0.1) is 13.2 Å². The molecule has 4 nitrogen and oxygen atoms in total. The average molecular weight is 249 g/mol. The SMILES string of the molecule is COc1ccc2c(c1)C(O)CC1(CCN(C)C1)O2. The molecule has 2 heterocycles. The number of methoxy groups -OCH3 is 1. The van der Waals surface area contributed by atoms with Crippen LogP contribution < -0.4 is 9.47 Å². The minimum atomic E-state index is -0.463. The number of nitrogens with zero attached hydrogens (tertiary/aromatic N) is 1. The Bertz CT molecular complexity index is 462. The molecule has 1 aromatic carbocycles. The van der Waals surface area contributed by atoms with Gasteiger partial charge < -0.3 is 19.5 Å². The van der Waals surface area contributed by atoms with Crippen LogP contribution in [-0.4, -0.2) is 42.9 Å². The maximum atomic E-state index is 10.3. The minimum absolute atomic E-state index is 0.213. The number of ether oxygens (including phenoxy) is 2. The van der Waals surface area contributed by atoms with Crippen LogP contribution in [-0.2, 0) is 0 Å². The van der Waals surface area contributed by atoms with Gasteiger partial charge in [-0.2, -0.15) is 0 Å². The van der Waals surface area contributed by atoms with E-state index < -0.39 is 6.10 Å². The van der Waals surface area contributed by atoms with Crippen molar-refractivity contribution in [3.8, 4) is 11.5 Å². The highest BCUT2D eigenvalue weighted by Gasteiger charge is 2.44. The number of likely N-dealkylation sites (N-methyl/N-ethyl adjacent to an activating group) is 1. The second kappa shape index (κ2) is 4.14. The van der Waals surface area contributed by atoms with Crippen LogP contribution in [0.4, 0.5) is 0 Å². The van der Waals surface area contributed by atoms with E-state index in [1.807, 2.05) is 18.2 Å². The van der Waals surface area contributed by atoms with Crippen molar-refractivity contribution in [3.63, 3.8) is 0 Å². The summed E-state index contributed by atoms with van der Waals surface area (Å²) in [6.07, 6.45) is 1.18. The summed E-state index contributed by atoms with van der Waals surface area (Å²) in [5.74, 6) is 1.56. The van der Waals surface area contributed by atoms with Crippen LogP contribution in [0.5, 0.6) is 11.5 Å². The third-order valence-electron chi connectivity index (χ3n) is 3.97. The van der Waals surface area contributed by atoms with E-state index in [9.17, 15) is 5.11 Å². The van der Waals surface area contributed by atoms with Gasteiger partial charge >= 0.3 is 0 Å². The lowest BCUT2D eigenvalue weighted by atomic mass is 9.88. The molecule has 0 bridgehead atoms. The quantitative estimate of drug-likeness (QED) is 0.820. The molecule has 1 fully saturated rings. The Labute approximate surface area is 107 Å². The molecule has 2 unspecified atom stereocenters. The third-order valence-corrected chi connectivity index (χ3v) is 3.97. The highest BCUT2D eigenvalue weighted by molar-refractivity contribution is 5.43. The van der Waals surface area contributed by atoms with Gasteiger partial charge in [0.1, 0.15) is 17.1 Å². The topological polar surface area (TPSA) is 41.9 Å². The van der Waals surface area contributed by atoms with Gasteiger partial charge in [0.25, 0.3) is 0 Å². The van der Waals surface area contributed by atoms with Crippen molar-refractivity contribution in [3.05, 3.63) is 23.8 Å². The first-order valence-electron chi connectivity index (χ1n) is 6.35. The van der Waals surface area contributed by atoms with E-state index in [-0.39, 0.29) is 5.60 Å². The van der Waals surface area contributed by atoms with Crippen molar-refractivity contribution >= 4 is 0 Å². The molecule has 1 saturated heterocycles. The Morgan fingerprint density at radius 3 is 3.00 bits per heavy atom. The Morgan fingerprint density at radius 1 is 1.50 bits per heavy atom. The minimum Gasteiger partial charge on any atom is -0.497 e. The zero-order valence-corrected chi connectivity index (χ0v) is 10.8. The molecule has 2 atom stereocenters. The predicted molar refractivity (Wildman–Crippen MR) is 68.0 cm³/mol. The normalized spacial score (nSPS) is 31.2. The monoisotopic (exact) mass is 249 g/mol. The maximum Gasteiger partial charge on any atom is 0.126 e. The van der Waals surface area contributed by atoms with Crippen molar-refractivity contribution in [1.29, 1.82) is 0 Å². The highest BCUT2D eigenvalue weighted by Crippen LogP contribution is 2.44. The molecule has 0 aliphatic carbocycles. The number of fused-ring (bicyclic) bond motifs is 1. The number of hydrogen-bond donors (Lipinski definition) is 1. The molecule has 0 saturated carbocycles. The fourth-order valence-electron chi connectivity index (χ4n) is 3.04. The van der Waals surface area contributed by atoms with Crippen molar-refractivity contribution in [2.45, 2.75) is 24.5 Å². The summed E-state index contributed by atoms with van der Waals surface area (Å²) in [5, 5.41) is 10.3. The fourth-order valence-corrected chi connectivity index (χ4v) is 3.04. The summed E-state index contributed by atoms with van der Waals surface area (Å²) in [6, 6.07) is 5.64.